The number of esters is 1. The number of methoxy groups -OCH3 is 2. The van der Waals surface area contributed by atoms with E-state index in [1.54, 1.807) is 7.11 Å². The number of carbonyl (C=O) groups is 2. The number of Topliss-reactive ketones (excluding diaryl/α,β-unsaturated/α-hetero) is 1. The Hall–Kier alpha value is -0.980. The maximum Gasteiger partial charge on any atom is 0.312 e. The monoisotopic (exact) mass is 401 g/mol. The number of nitrogens with zero attached hydrogens (tertiary/aromatic N) is 1. The number of likely N-dealkylation sites (N-methyl/N-ethyl adjacent to an activating group) is 1. The number of carbonyl (C=O) groups excluding carboxylic acids is 2. The fraction of sp³-hybridized carbons (Fsp3) is 0.913. The molecule has 12 atom stereocenters. The second kappa shape index (κ2) is 4.91. The zero-order valence-corrected chi connectivity index (χ0v) is 17.7. The molecule has 8 aliphatic rings. The van der Waals surface area contributed by atoms with Gasteiger partial charge in [0.15, 0.2) is 5.78 Å². The van der Waals surface area contributed by atoms with Crippen molar-refractivity contribution in [1.82, 2.24) is 4.90 Å². The van der Waals surface area contributed by atoms with Gasteiger partial charge in [-0.1, -0.05) is 6.92 Å². The summed E-state index contributed by atoms with van der Waals surface area (Å²) in [7, 11) is 3.60. The zero-order chi connectivity index (χ0) is 20.1. The molecule has 4 saturated heterocycles. The molecule has 0 radical (unpaired) electrons. The van der Waals surface area contributed by atoms with Crippen molar-refractivity contribution in [2.75, 3.05) is 20.8 Å². The van der Waals surface area contributed by atoms with Crippen LogP contribution in [-0.2, 0) is 23.8 Å². The third kappa shape index (κ3) is 1.40. The van der Waals surface area contributed by atoms with Crippen LogP contribution >= 0.6 is 0 Å². The van der Waals surface area contributed by atoms with Gasteiger partial charge in [0.2, 0.25) is 0 Å². The van der Waals surface area contributed by atoms with Crippen LogP contribution in [0.5, 0.6) is 0 Å². The molecule has 0 aromatic carbocycles. The van der Waals surface area contributed by atoms with Crippen LogP contribution in [0.1, 0.15) is 39.5 Å². The van der Waals surface area contributed by atoms with E-state index in [9.17, 15) is 9.59 Å². The van der Waals surface area contributed by atoms with Crippen LogP contribution in [0.15, 0.2) is 0 Å². The van der Waals surface area contributed by atoms with Crippen LogP contribution in [0.4, 0.5) is 0 Å². The summed E-state index contributed by atoms with van der Waals surface area (Å²) < 4.78 is 18.3. The summed E-state index contributed by atoms with van der Waals surface area (Å²) in [6, 6.07) is 0.0367. The smallest absolute Gasteiger partial charge is 0.312 e. The topological polar surface area (TPSA) is 65.1 Å². The first-order chi connectivity index (χ1) is 13.9. The summed E-state index contributed by atoms with van der Waals surface area (Å²) in [6.07, 6.45) is 3.78. The molecule has 4 saturated carbocycles. The van der Waals surface area contributed by atoms with E-state index in [1.165, 1.54) is 0 Å². The normalized spacial score (nSPS) is 63.4. The van der Waals surface area contributed by atoms with Crippen LogP contribution in [0, 0.1) is 39.9 Å². The highest BCUT2D eigenvalue weighted by Gasteiger charge is 2.93. The molecule has 0 amide bonds. The lowest BCUT2D eigenvalue weighted by Crippen LogP contribution is -2.70. The Morgan fingerprint density at radius 3 is 2.69 bits per heavy atom. The fourth-order valence-corrected chi connectivity index (χ4v) is 10.7. The molecule has 2 spiro atoms. The Balaban J connectivity index is 1.53. The minimum atomic E-state index is -0.529. The average molecular weight is 402 g/mol. The molecule has 0 N–H and O–H groups in total. The van der Waals surface area contributed by atoms with Crippen LogP contribution in [-0.4, -0.2) is 67.8 Å². The van der Waals surface area contributed by atoms with Crippen molar-refractivity contribution in [2.45, 2.75) is 69.9 Å². The second-order valence-corrected chi connectivity index (χ2v) is 11.1. The van der Waals surface area contributed by atoms with E-state index in [4.69, 9.17) is 14.2 Å². The van der Waals surface area contributed by atoms with Gasteiger partial charge >= 0.3 is 5.97 Å². The highest BCUT2D eigenvalue weighted by atomic mass is 16.6. The predicted octanol–water partition coefficient (Wildman–Crippen LogP) is 1.66. The maximum absolute atomic E-state index is 14.3. The molecule has 4 aliphatic heterocycles. The quantitative estimate of drug-likeness (QED) is 0.670. The first kappa shape index (κ1) is 17.7. The number of rotatable bonds is 3. The van der Waals surface area contributed by atoms with Crippen molar-refractivity contribution in [2.24, 2.45) is 39.9 Å². The molecule has 4 heterocycles. The van der Waals surface area contributed by atoms with E-state index in [-0.39, 0.29) is 53.6 Å². The number of ketones is 1. The molecule has 6 bridgehead atoms. The zero-order valence-electron chi connectivity index (χ0n) is 17.7. The van der Waals surface area contributed by atoms with Crippen molar-refractivity contribution >= 4 is 11.8 Å². The first-order valence-corrected chi connectivity index (χ1v) is 11.5. The molecule has 6 nitrogen and oxygen atoms in total. The molecular weight excluding hydrogens is 370 g/mol. The third-order valence-corrected chi connectivity index (χ3v) is 11.0. The van der Waals surface area contributed by atoms with E-state index in [1.807, 2.05) is 7.11 Å². The number of hydrogen-bond donors (Lipinski definition) is 0. The van der Waals surface area contributed by atoms with Crippen molar-refractivity contribution in [1.29, 1.82) is 0 Å². The van der Waals surface area contributed by atoms with Crippen molar-refractivity contribution < 1.29 is 23.8 Å². The van der Waals surface area contributed by atoms with E-state index >= 15 is 0 Å². The van der Waals surface area contributed by atoms with Gasteiger partial charge in [0, 0.05) is 43.4 Å². The lowest BCUT2D eigenvalue weighted by Gasteiger charge is -2.62. The van der Waals surface area contributed by atoms with E-state index in [0.717, 1.165) is 32.2 Å². The Kier molecular flexibility index (Phi) is 2.99. The standard InChI is InChI=1S/C23H31NO5/c1-5-24-15-17-21(2)7-6-13(29-20(21)26)23(17)11-8-10-12(27-3)9-22(18(15)25,19(23)24)14(11)16(10)28-4/h10-17,19H,5-9H2,1-4H3/t10-,11-,12+,13+,14-,15-,16+,17-,19-,21-,22-,23+/m1/s1. The third-order valence-electron chi connectivity index (χ3n) is 11.0. The van der Waals surface area contributed by atoms with Crippen LogP contribution in [0.2, 0.25) is 0 Å². The molecule has 0 unspecified atom stereocenters. The number of hydrogen-bond acceptors (Lipinski definition) is 6. The molecule has 29 heavy (non-hydrogen) atoms. The van der Waals surface area contributed by atoms with Gasteiger partial charge in [-0.2, -0.15) is 0 Å². The lowest BCUT2D eigenvalue weighted by molar-refractivity contribution is -0.234. The molecule has 8 rings (SSSR count). The highest BCUT2D eigenvalue weighted by Crippen LogP contribution is 2.84. The number of fused-ring (bicyclic) bond motifs is 4. The Labute approximate surface area is 171 Å². The van der Waals surface area contributed by atoms with E-state index in [0.29, 0.717) is 17.6 Å². The minimum Gasteiger partial charge on any atom is -0.461 e. The summed E-state index contributed by atoms with van der Waals surface area (Å²) in [6.45, 7) is 5.13. The Morgan fingerprint density at radius 1 is 1.24 bits per heavy atom. The molecule has 4 aliphatic carbocycles. The van der Waals surface area contributed by atoms with E-state index in [2.05, 4.69) is 18.7 Å². The maximum atomic E-state index is 14.3. The van der Waals surface area contributed by atoms with Gasteiger partial charge in [0.25, 0.3) is 0 Å². The van der Waals surface area contributed by atoms with Gasteiger partial charge < -0.3 is 14.2 Å². The minimum absolute atomic E-state index is 0.0382. The molecule has 0 aromatic rings. The summed E-state index contributed by atoms with van der Waals surface area (Å²) in [5.74, 6) is 1.41. The SMILES string of the molecule is CCN1[C@@H]2[C@]34C[C@H](OC)[C@H]5C[C@H]([C@@H]3[C@H]5OC)[C@@]23[C@@H]2CC[C@@](C)(C(=O)O2)[C@H]3[C@@H]1C4=O. The van der Waals surface area contributed by atoms with Crippen molar-refractivity contribution in [3.63, 3.8) is 0 Å². The van der Waals surface area contributed by atoms with Gasteiger partial charge in [-0.15, -0.1) is 0 Å². The largest absolute Gasteiger partial charge is 0.461 e. The van der Waals surface area contributed by atoms with Gasteiger partial charge in [-0.3, -0.25) is 14.5 Å². The predicted molar refractivity (Wildman–Crippen MR) is 102 cm³/mol. The van der Waals surface area contributed by atoms with Crippen LogP contribution in [0.25, 0.3) is 0 Å². The molecule has 158 valence electrons. The van der Waals surface area contributed by atoms with E-state index < -0.39 is 10.8 Å². The second-order valence-electron chi connectivity index (χ2n) is 11.1. The van der Waals surface area contributed by atoms with Gasteiger partial charge in [-0.05, 0) is 45.1 Å². The summed E-state index contributed by atoms with van der Waals surface area (Å²) in [5, 5.41) is 0. The van der Waals surface area contributed by atoms with Crippen LogP contribution in [0.3, 0.4) is 0 Å². The molecule has 6 heteroatoms. The van der Waals surface area contributed by atoms with Gasteiger partial charge in [0.1, 0.15) is 6.10 Å². The highest BCUT2D eigenvalue weighted by molar-refractivity contribution is 5.98. The average Bonchev–Trinajstić information content (AvgIpc) is 3.33. The molecule has 0 aromatic heterocycles. The van der Waals surface area contributed by atoms with Gasteiger partial charge in [0.05, 0.1) is 29.1 Å². The summed E-state index contributed by atoms with van der Waals surface area (Å²) >= 11 is 0. The summed E-state index contributed by atoms with van der Waals surface area (Å²) in [5.41, 5.74) is -1.00. The van der Waals surface area contributed by atoms with Gasteiger partial charge in [-0.25, -0.2) is 0 Å². The fourth-order valence-electron chi connectivity index (χ4n) is 10.7. The lowest BCUT2D eigenvalue weighted by atomic mass is 9.44. The van der Waals surface area contributed by atoms with Crippen molar-refractivity contribution in [3.8, 4) is 0 Å². The summed E-state index contributed by atoms with van der Waals surface area (Å²) in [4.78, 5) is 29.8. The molecular formula is C23H31NO5. The Morgan fingerprint density at radius 2 is 2.03 bits per heavy atom. The van der Waals surface area contributed by atoms with Crippen LogP contribution < -0.4 is 0 Å². The Bertz CT molecular complexity index is 845. The number of ether oxygens (including phenoxy) is 3. The molecule has 8 fully saturated rings. The van der Waals surface area contributed by atoms with Crippen molar-refractivity contribution in [3.05, 3.63) is 0 Å². The first-order valence-electron chi connectivity index (χ1n) is 11.5.